The number of anilines is 1. The summed E-state index contributed by atoms with van der Waals surface area (Å²) in [5.74, 6) is 0.737. The van der Waals surface area contributed by atoms with Crippen molar-refractivity contribution in [2.45, 2.75) is 25.9 Å². The maximum atomic E-state index is 4.13. The van der Waals surface area contributed by atoms with E-state index in [1.165, 1.54) is 0 Å². The summed E-state index contributed by atoms with van der Waals surface area (Å²) in [6, 6.07) is 2.98. The topological polar surface area (TPSA) is 41.0 Å². The van der Waals surface area contributed by atoms with Crippen molar-refractivity contribution in [3.63, 3.8) is 0 Å². The summed E-state index contributed by atoms with van der Waals surface area (Å²) in [6.07, 6.45) is 3.52. The van der Waals surface area contributed by atoms with Crippen LogP contribution in [-0.4, -0.2) is 40.0 Å². The molecule has 14 heavy (non-hydrogen) atoms. The van der Waals surface area contributed by atoms with Crippen LogP contribution in [0, 0.1) is 0 Å². The number of hydrogen-bond donors (Lipinski definition) is 1. The van der Waals surface area contributed by atoms with Gasteiger partial charge in [0, 0.05) is 31.5 Å². The van der Waals surface area contributed by atoms with Crippen LogP contribution in [0.3, 0.4) is 0 Å². The van der Waals surface area contributed by atoms with Crippen LogP contribution in [-0.2, 0) is 0 Å². The molecule has 1 N–H and O–H groups in total. The molecule has 1 saturated heterocycles. The number of hydrogen-bond acceptors (Lipinski definition) is 4. The number of rotatable bonds is 3. The lowest BCUT2D eigenvalue weighted by Gasteiger charge is -2.42. The van der Waals surface area contributed by atoms with E-state index in [2.05, 4.69) is 34.0 Å². The van der Waals surface area contributed by atoms with E-state index in [0.29, 0.717) is 12.1 Å². The zero-order valence-corrected chi connectivity index (χ0v) is 8.64. The Kier molecular flexibility index (Phi) is 2.63. The van der Waals surface area contributed by atoms with Crippen molar-refractivity contribution in [2.75, 3.05) is 18.4 Å². The average Bonchev–Trinajstić information content (AvgIpc) is 2.12. The molecule has 1 fully saturated rings. The molecule has 0 unspecified atom stereocenters. The fraction of sp³-hybridized carbons (Fsp3) is 0.600. The minimum absolute atomic E-state index is 0.514. The molecule has 0 radical (unpaired) electrons. The Bertz CT molecular complexity index is 279. The van der Waals surface area contributed by atoms with Gasteiger partial charge in [-0.15, -0.1) is 0 Å². The summed E-state index contributed by atoms with van der Waals surface area (Å²) in [6.45, 7) is 6.62. The fourth-order valence-corrected chi connectivity index (χ4v) is 1.58. The molecule has 1 aliphatic rings. The van der Waals surface area contributed by atoms with Crippen molar-refractivity contribution in [3.05, 3.63) is 18.5 Å². The van der Waals surface area contributed by atoms with E-state index >= 15 is 0 Å². The third kappa shape index (κ3) is 2.01. The first-order chi connectivity index (χ1) is 6.75. The monoisotopic (exact) mass is 192 g/mol. The molecule has 2 rings (SSSR count). The highest BCUT2D eigenvalue weighted by Gasteiger charge is 2.28. The Labute approximate surface area is 84.4 Å². The molecule has 0 saturated carbocycles. The average molecular weight is 192 g/mol. The first-order valence-corrected chi connectivity index (χ1v) is 5.03. The lowest BCUT2D eigenvalue weighted by molar-refractivity contribution is 0.121. The van der Waals surface area contributed by atoms with Crippen molar-refractivity contribution < 1.29 is 0 Å². The van der Waals surface area contributed by atoms with E-state index in [1.54, 1.807) is 12.4 Å². The van der Waals surface area contributed by atoms with Gasteiger partial charge in [0.15, 0.2) is 0 Å². The zero-order chi connectivity index (χ0) is 9.97. The van der Waals surface area contributed by atoms with Gasteiger partial charge in [-0.2, -0.15) is 0 Å². The second kappa shape index (κ2) is 3.92. The molecule has 1 aromatic rings. The quantitative estimate of drug-likeness (QED) is 0.775. The van der Waals surface area contributed by atoms with E-state index in [4.69, 9.17) is 0 Å². The van der Waals surface area contributed by atoms with Gasteiger partial charge in [-0.25, -0.2) is 9.97 Å². The number of aromatic nitrogens is 2. The highest BCUT2D eigenvalue weighted by atomic mass is 15.3. The van der Waals surface area contributed by atoms with Gasteiger partial charge in [-0.1, -0.05) is 0 Å². The SMILES string of the molecule is CC(C)N1CC(Nc2ncccn2)C1. The number of nitrogens with zero attached hydrogens (tertiary/aromatic N) is 3. The summed E-state index contributed by atoms with van der Waals surface area (Å²) in [4.78, 5) is 10.7. The van der Waals surface area contributed by atoms with Crippen LogP contribution in [0.2, 0.25) is 0 Å². The molecule has 0 aromatic carbocycles. The molecule has 0 spiro atoms. The van der Waals surface area contributed by atoms with Gasteiger partial charge in [-0.3, -0.25) is 4.90 Å². The van der Waals surface area contributed by atoms with Crippen LogP contribution in [0.15, 0.2) is 18.5 Å². The van der Waals surface area contributed by atoms with Gasteiger partial charge in [0.25, 0.3) is 0 Å². The lowest BCUT2D eigenvalue weighted by atomic mass is 10.1. The van der Waals surface area contributed by atoms with Crippen molar-refractivity contribution in [1.82, 2.24) is 14.9 Å². The van der Waals surface area contributed by atoms with Crippen molar-refractivity contribution >= 4 is 5.95 Å². The minimum Gasteiger partial charge on any atom is -0.349 e. The molecule has 0 bridgehead atoms. The Morgan fingerprint density at radius 3 is 2.57 bits per heavy atom. The highest BCUT2D eigenvalue weighted by Crippen LogP contribution is 2.14. The lowest BCUT2D eigenvalue weighted by Crippen LogP contribution is -2.57. The van der Waals surface area contributed by atoms with E-state index in [1.807, 2.05) is 6.07 Å². The van der Waals surface area contributed by atoms with E-state index in [9.17, 15) is 0 Å². The zero-order valence-electron chi connectivity index (χ0n) is 8.64. The minimum atomic E-state index is 0.514. The highest BCUT2D eigenvalue weighted by molar-refractivity contribution is 5.26. The maximum absolute atomic E-state index is 4.13. The molecule has 0 atom stereocenters. The first-order valence-electron chi connectivity index (χ1n) is 5.03. The molecule has 76 valence electrons. The predicted molar refractivity (Wildman–Crippen MR) is 56.2 cm³/mol. The van der Waals surface area contributed by atoms with Gasteiger partial charge in [-0.05, 0) is 19.9 Å². The third-order valence-electron chi connectivity index (χ3n) is 2.54. The molecule has 0 aliphatic carbocycles. The summed E-state index contributed by atoms with van der Waals surface area (Å²) in [5, 5.41) is 3.30. The molecular formula is C10H16N4. The van der Waals surface area contributed by atoms with Crippen molar-refractivity contribution in [3.8, 4) is 0 Å². The predicted octanol–water partition coefficient (Wildman–Crippen LogP) is 0.981. The second-order valence-electron chi connectivity index (χ2n) is 3.96. The molecule has 1 aromatic heterocycles. The maximum Gasteiger partial charge on any atom is 0.222 e. The third-order valence-corrected chi connectivity index (χ3v) is 2.54. The first kappa shape index (κ1) is 9.40. The Morgan fingerprint density at radius 1 is 1.36 bits per heavy atom. The second-order valence-corrected chi connectivity index (χ2v) is 3.96. The van der Waals surface area contributed by atoms with Crippen LogP contribution in [0.25, 0.3) is 0 Å². The summed E-state index contributed by atoms with van der Waals surface area (Å²) in [5.41, 5.74) is 0. The van der Waals surface area contributed by atoms with Crippen LogP contribution >= 0.6 is 0 Å². The molecule has 4 nitrogen and oxygen atoms in total. The smallest absolute Gasteiger partial charge is 0.222 e. The summed E-state index contributed by atoms with van der Waals surface area (Å²) >= 11 is 0. The fourth-order valence-electron chi connectivity index (χ4n) is 1.58. The van der Waals surface area contributed by atoms with Crippen LogP contribution in [0.1, 0.15) is 13.8 Å². The largest absolute Gasteiger partial charge is 0.349 e. The normalized spacial score (nSPS) is 18.2. The van der Waals surface area contributed by atoms with Crippen molar-refractivity contribution in [2.24, 2.45) is 0 Å². The van der Waals surface area contributed by atoms with Gasteiger partial charge >= 0.3 is 0 Å². The molecule has 4 heteroatoms. The van der Waals surface area contributed by atoms with Crippen LogP contribution in [0.5, 0.6) is 0 Å². The van der Waals surface area contributed by atoms with E-state index in [0.717, 1.165) is 19.0 Å². The molecule has 1 aliphatic heterocycles. The van der Waals surface area contributed by atoms with E-state index in [-0.39, 0.29) is 0 Å². The van der Waals surface area contributed by atoms with Crippen molar-refractivity contribution in [1.29, 1.82) is 0 Å². The van der Waals surface area contributed by atoms with Crippen LogP contribution < -0.4 is 5.32 Å². The molecular weight excluding hydrogens is 176 g/mol. The van der Waals surface area contributed by atoms with E-state index < -0.39 is 0 Å². The Hall–Kier alpha value is -1.16. The summed E-state index contributed by atoms with van der Waals surface area (Å²) < 4.78 is 0. The Morgan fingerprint density at radius 2 is 2.00 bits per heavy atom. The van der Waals surface area contributed by atoms with Gasteiger partial charge < -0.3 is 5.32 Å². The summed E-state index contributed by atoms with van der Waals surface area (Å²) in [7, 11) is 0. The molecule has 2 heterocycles. The Balaban J connectivity index is 1.80. The van der Waals surface area contributed by atoms with Crippen LogP contribution in [0.4, 0.5) is 5.95 Å². The molecule has 0 amide bonds. The van der Waals surface area contributed by atoms with Gasteiger partial charge in [0.2, 0.25) is 5.95 Å². The van der Waals surface area contributed by atoms with Gasteiger partial charge in [0.1, 0.15) is 0 Å². The number of likely N-dealkylation sites (tertiary alicyclic amines) is 1. The number of nitrogens with one attached hydrogen (secondary N) is 1. The van der Waals surface area contributed by atoms with Gasteiger partial charge in [0.05, 0.1) is 6.04 Å². The standard InChI is InChI=1S/C10H16N4/c1-8(2)14-6-9(7-14)13-10-11-4-3-5-12-10/h3-5,8-9H,6-7H2,1-2H3,(H,11,12,13).